The Morgan fingerprint density at radius 2 is 2.00 bits per heavy atom. The molecule has 146 valence electrons. The molecule has 2 aliphatic rings. The summed E-state index contributed by atoms with van der Waals surface area (Å²) in [7, 11) is -3.30. The van der Waals surface area contributed by atoms with Gasteiger partial charge in [0.2, 0.25) is 0 Å². The largest absolute Gasteiger partial charge is 0.357 e. The fraction of sp³-hybridized carbons (Fsp3) is 0.526. The molecule has 1 unspecified atom stereocenters. The van der Waals surface area contributed by atoms with Gasteiger partial charge in [-0.2, -0.15) is 5.10 Å². The van der Waals surface area contributed by atoms with Gasteiger partial charge in [0.15, 0.2) is 21.9 Å². The second-order valence-electron chi connectivity index (χ2n) is 7.30. The molecule has 0 amide bonds. The Labute approximate surface area is 168 Å². The number of nitrogens with one attached hydrogen (secondary N) is 1. The molecule has 0 spiro atoms. The van der Waals surface area contributed by atoms with Crippen LogP contribution in [0.15, 0.2) is 33.6 Å². The van der Waals surface area contributed by atoms with Gasteiger partial charge in [0.05, 0.1) is 10.1 Å². The maximum absolute atomic E-state index is 12.8. The van der Waals surface area contributed by atoms with Crippen LogP contribution >= 0.6 is 15.9 Å². The molecule has 1 saturated carbocycles. The maximum Gasteiger partial charge on any atom is 0.182 e. The van der Waals surface area contributed by atoms with Crippen LogP contribution in [0.2, 0.25) is 0 Å². The van der Waals surface area contributed by atoms with E-state index in [-0.39, 0.29) is 11.5 Å². The first-order chi connectivity index (χ1) is 12.9. The predicted octanol–water partition coefficient (Wildman–Crippen LogP) is 4.72. The fourth-order valence-corrected chi connectivity index (χ4v) is 6.43. The summed E-state index contributed by atoms with van der Waals surface area (Å²) in [6, 6.07) is 7.29. The predicted molar refractivity (Wildman–Crippen MR) is 108 cm³/mol. The highest BCUT2D eigenvalue weighted by Gasteiger charge is 2.34. The van der Waals surface area contributed by atoms with Gasteiger partial charge in [0, 0.05) is 28.5 Å². The van der Waals surface area contributed by atoms with Crippen molar-refractivity contribution in [1.82, 2.24) is 9.78 Å². The summed E-state index contributed by atoms with van der Waals surface area (Å²) in [6.45, 7) is 2.77. The zero-order valence-corrected chi connectivity index (χ0v) is 17.7. The number of anilines is 2. The molecule has 1 N–H and O–H groups in total. The first-order valence-corrected chi connectivity index (χ1v) is 11.8. The van der Waals surface area contributed by atoms with E-state index in [2.05, 4.69) is 26.3 Å². The Kier molecular flexibility index (Phi) is 5.31. The van der Waals surface area contributed by atoms with Crippen molar-refractivity contribution in [1.29, 1.82) is 0 Å². The minimum absolute atomic E-state index is 0.0197. The molecule has 2 heterocycles. The van der Waals surface area contributed by atoms with Crippen LogP contribution in [-0.2, 0) is 14.6 Å². The van der Waals surface area contributed by atoms with Crippen molar-refractivity contribution in [3.05, 3.63) is 34.4 Å². The molecule has 0 bridgehead atoms. The van der Waals surface area contributed by atoms with Crippen LogP contribution in [0.25, 0.3) is 0 Å². The Balaban J connectivity index is 1.57. The number of rotatable bonds is 5. The number of hydrogen-bond donors (Lipinski definition) is 1. The van der Waals surface area contributed by atoms with E-state index in [1.54, 1.807) is 12.1 Å². The highest BCUT2D eigenvalue weighted by atomic mass is 79.9. The Morgan fingerprint density at radius 1 is 1.19 bits per heavy atom. The quantitative estimate of drug-likeness (QED) is 0.708. The lowest BCUT2D eigenvalue weighted by Gasteiger charge is -2.25. The molecule has 8 heteroatoms. The molecule has 1 aromatic heterocycles. The summed E-state index contributed by atoms with van der Waals surface area (Å²) in [5, 5.41) is 7.62. The van der Waals surface area contributed by atoms with E-state index in [1.807, 2.05) is 23.7 Å². The lowest BCUT2D eigenvalue weighted by molar-refractivity contribution is -0.0404. The van der Waals surface area contributed by atoms with Crippen molar-refractivity contribution >= 4 is 37.3 Å². The number of ether oxygens (including phenoxy) is 1. The molecule has 6 nitrogen and oxygen atoms in total. The molecule has 1 atom stereocenters. The summed E-state index contributed by atoms with van der Waals surface area (Å²) < 4.78 is 34.0. The van der Waals surface area contributed by atoms with Gasteiger partial charge in [-0.15, -0.1) is 0 Å². The Morgan fingerprint density at radius 3 is 2.67 bits per heavy atom. The minimum Gasteiger partial charge on any atom is -0.357 e. The summed E-state index contributed by atoms with van der Waals surface area (Å²) in [6.07, 6.45) is 5.66. The smallest absolute Gasteiger partial charge is 0.182 e. The number of aromatic nitrogens is 2. The molecule has 2 fully saturated rings. The van der Waals surface area contributed by atoms with E-state index in [9.17, 15) is 8.42 Å². The number of hydrogen-bond acceptors (Lipinski definition) is 5. The summed E-state index contributed by atoms with van der Waals surface area (Å²) in [5.41, 5.74) is 1.73. The van der Waals surface area contributed by atoms with Crippen LogP contribution in [0.3, 0.4) is 0 Å². The first-order valence-electron chi connectivity index (χ1n) is 9.43. The Bertz CT molecular complexity index is 932. The van der Waals surface area contributed by atoms with Crippen molar-refractivity contribution in [2.45, 2.75) is 61.8 Å². The number of sulfone groups is 1. The van der Waals surface area contributed by atoms with Gasteiger partial charge in [-0.05, 0) is 73.2 Å². The highest BCUT2D eigenvalue weighted by molar-refractivity contribution is 9.10. The van der Waals surface area contributed by atoms with Crippen LogP contribution < -0.4 is 5.32 Å². The normalized spacial score (nSPS) is 21.0. The van der Waals surface area contributed by atoms with E-state index >= 15 is 0 Å². The summed E-state index contributed by atoms with van der Waals surface area (Å²) >= 11 is 3.40. The molecule has 1 aliphatic carbocycles. The maximum atomic E-state index is 12.8. The summed E-state index contributed by atoms with van der Waals surface area (Å²) in [5.74, 6) is 0.691. The molecule has 1 saturated heterocycles. The standard InChI is InChI=1S/C19H24BrN3O3S/c1-13-11-18(22-23(13)19-7-2-3-10-26-19)21-14-8-9-16(20)17(12-14)27(24,25)15-5-4-6-15/h8-9,11-12,15,19H,2-7,10H2,1H3,(H,21,22). The van der Waals surface area contributed by atoms with Gasteiger partial charge in [-0.1, -0.05) is 6.42 Å². The fourth-order valence-electron chi connectivity index (χ4n) is 3.56. The highest BCUT2D eigenvalue weighted by Crippen LogP contribution is 2.36. The molecular formula is C19H24BrN3O3S. The van der Waals surface area contributed by atoms with Gasteiger partial charge in [0.25, 0.3) is 0 Å². The average Bonchev–Trinajstić information content (AvgIpc) is 2.95. The first kappa shape index (κ1) is 19.0. The van der Waals surface area contributed by atoms with E-state index < -0.39 is 9.84 Å². The third-order valence-corrected chi connectivity index (χ3v) is 8.61. The Hall–Kier alpha value is -1.38. The molecule has 4 rings (SSSR count). The van der Waals surface area contributed by atoms with Crippen molar-refractivity contribution in [2.24, 2.45) is 0 Å². The van der Waals surface area contributed by atoms with Crippen molar-refractivity contribution in [3.63, 3.8) is 0 Å². The van der Waals surface area contributed by atoms with Gasteiger partial charge in [-0.3, -0.25) is 0 Å². The van der Waals surface area contributed by atoms with Crippen LogP contribution in [0.1, 0.15) is 50.4 Å². The monoisotopic (exact) mass is 453 g/mol. The van der Waals surface area contributed by atoms with E-state index in [0.717, 1.165) is 50.8 Å². The molecule has 27 heavy (non-hydrogen) atoms. The zero-order valence-electron chi connectivity index (χ0n) is 15.3. The molecule has 2 aromatic rings. The van der Waals surface area contributed by atoms with Crippen LogP contribution in [-0.4, -0.2) is 30.1 Å². The van der Waals surface area contributed by atoms with Gasteiger partial charge >= 0.3 is 0 Å². The second-order valence-corrected chi connectivity index (χ2v) is 10.4. The van der Waals surface area contributed by atoms with E-state index in [1.165, 1.54) is 0 Å². The lowest BCUT2D eigenvalue weighted by Crippen LogP contribution is -2.28. The number of nitrogens with zero attached hydrogens (tertiary/aromatic N) is 2. The number of benzene rings is 1. The zero-order chi connectivity index (χ0) is 19.0. The van der Waals surface area contributed by atoms with Gasteiger partial charge in [0.1, 0.15) is 0 Å². The molecule has 1 aromatic carbocycles. The number of aryl methyl sites for hydroxylation is 1. The minimum atomic E-state index is -3.30. The average molecular weight is 454 g/mol. The lowest BCUT2D eigenvalue weighted by atomic mass is 10.00. The molecule has 1 aliphatic heterocycles. The van der Waals surface area contributed by atoms with Crippen molar-refractivity contribution in [2.75, 3.05) is 11.9 Å². The number of halogens is 1. The van der Waals surface area contributed by atoms with Gasteiger partial charge in [-0.25, -0.2) is 13.1 Å². The third kappa shape index (κ3) is 3.79. The second kappa shape index (κ2) is 7.56. The van der Waals surface area contributed by atoms with Crippen LogP contribution in [0.5, 0.6) is 0 Å². The van der Waals surface area contributed by atoms with Gasteiger partial charge < -0.3 is 10.1 Å². The van der Waals surface area contributed by atoms with Crippen LogP contribution in [0.4, 0.5) is 11.5 Å². The van der Waals surface area contributed by atoms with Crippen LogP contribution in [0, 0.1) is 6.92 Å². The van der Waals surface area contributed by atoms with E-state index in [0.29, 0.717) is 20.9 Å². The topological polar surface area (TPSA) is 73.2 Å². The molecular weight excluding hydrogens is 430 g/mol. The third-order valence-electron chi connectivity index (χ3n) is 5.35. The van der Waals surface area contributed by atoms with Crippen molar-refractivity contribution in [3.8, 4) is 0 Å². The molecule has 0 radical (unpaired) electrons. The summed E-state index contributed by atoms with van der Waals surface area (Å²) in [4.78, 5) is 0.351. The van der Waals surface area contributed by atoms with E-state index in [4.69, 9.17) is 4.74 Å². The SMILES string of the molecule is Cc1cc(Nc2ccc(Br)c(S(=O)(=O)C3CCC3)c2)nn1C1CCCCO1. The van der Waals surface area contributed by atoms with Crippen molar-refractivity contribution < 1.29 is 13.2 Å².